The fourth-order valence-corrected chi connectivity index (χ4v) is 4.00. The quantitative estimate of drug-likeness (QED) is 0.417. The molecular weight excluding hydrogens is 432 g/mol. The Morgan fingerprint density at radius 1 is 0.938 bits per heavy atom. The lowest BCUT2D eigenvalue weighted by atomic mass is 10.1. The molecule has 2 aromatic rings. The largest absolute Gasteiger partial charge is 0.493 e. The molecular formula is C23H32N2O6S. The zero-order valence-electron chi connectivity index (χ0n) is 18.8. The maximum Gasteiger partial charge on any atom is 0.257 e. The summed E-state index contributed by atoms with van der Waals surface area (Å²) in [4.78, 5) is 11.9. The molecule has 0 saturated carbocycles. The maximum atomic E-state index is 12.5. The van der Waals surface area contributed by atoms with Crippen molar-refractivity contribution in [1.82, 2.24) is 10.0 Å². The van der Waals surface area contributed by atoms with Gasteiger partial charge >= 0.3 is 0 Å². The van der Waals surface area contributed by atoms with Crippen molar-refractivity contribution in [3.05, 3.63) is 48.0 Å². The average Bonchev–Trinajstić information content (AvgIpc) is 2.80. The molecule has 0 aliphatic rings. The van der Waals surface area contributed by atoms with Gasteiger partial charge in [0.25, 0.3) is 5.91 Å². The minimum atomic E-state index is -3.67. The summed E-state index contributed by atoms with van der Waals surface area (Å²) in [6.45, 7) is 2.85. The highest BCUT2D eigenvalue weighted by Crippen LogP contribution is 2.27. The molecule has 0 saturated heterocycles. The molecule has 0 radical (unpaired) electrons. The van der Waals surface area contributed by atoms with Gasteiger partial charge < -0.3 is 19.5 Å². The number of nitrogens with one attached hydrogen (secondary N) is 2. The van der Waals surface area contributed by atoms with Crippen LogP contribution < -0.4 is 24.2 Å². The standard InChI is InChI=1S/C23H32N2O6S/c1-4-5-6-14-24-23(26)17-31-19-8-10-20(11-9-19)32(27,28)25-15-13-18-7-12-21(29-2)22(16-18)30-3/h7-12,16,25H,4-6,13-15,17H2,1-3H3,(H,24,26). The van der Waals surface area contributed by atoms with E-state index in [1.165, 1.54) is 24.3 Å². The van der Waals surface area contributed by atoms with Crippen LogP contribution in [0.3, 0.4) is 0 Å². The smallest absolute Gasteiger partial charge is 0.257 e. The summed E-state index contributed by atoms with van der Waals surface area (Å²) in [5.41, 5.74) is 0.919. The first-order valence-electron chi connectivity index (χ1n) is 10.6. The van der Waals surface area contributed by atoms with Gasteiger partial charge in [0.2, 0.25) is 10.0 Å². The van der Waals surface area contributed by atoms with E-state index in [1.807, 2.05) is 12.1 Å². The van der Waals surface area contributed by atoms with Crippen molar-refractivity contribution in [3.63, 3.8) is 0 Å². The molecule has 0 bridgehead atoms. The third-order valence-corrected chi connectivity index (χ3v) is 6.24. The molecule has 2 N–H and O–H groups in total. The molecule has 0 heterocycles. The van der Waals surface area contributed by atoms with Crippen molar-refractivity contribution < 1.29 is 27.4 Å². The number of hydrogen-bond acceptors (Lipinski definition) is 6. The zero-order chi connectivity index (χ0) is 23.4. The fourth-order valence-electron chi connectivity index (χ4n) is 2.97. The summed E-state index contributed by atoms with van der Waals surface area (Å²) >= 11 is 0. The van der Waals surface area contributed by atoms with Crippen LogP contribution in [-0.4, -0.2) is 48.2 Å². The third kappa shape index (κ3) is 8.05. The van der Waals surface area contributed by atoms with Gasteiger partial charge in [-0.25, -0.2) is 13.1 Å². The minimum Gasteiger partial charge on any atom is -0.493 e. The monoisotopic (exact) mass is 464 g/mol. The number of ether oxygens (including phenoxy) is 3. The summed E-state index contributed by atoms with van der Waals surface area (Å²) in [6, 6.07) is 11.4. The number of unbranched alkanes of at least 4 members (excludes halogenated alkanes) is 2. The number of methoxy groups -OCH3 is 2. The van der Waals surface area contributed by atoms with Crippen molar-refractivity contribution in [1.29, 1.82) is 0 Å². The normalized spacial score (nSPS) is 11.1. The molecule has 176 valence electrons. The second-order valence-electron chi connectivity index (χ2n) is 7.15. The molecule has 0 aromatic heterocycles. The predicted octanol–water partition coefficient (Wildman–Crippen LogP) is 2.91. The Morgan fingerprint density at radius 3 is 2.31 bits per heavy atom. The highest BCUT2D eigenvalue weighted by Gasteiger charge is 2.14. The van der Waals surface area contributed by atoms with E-state index in [0.717, 1.165) is 24.8 Å². The van der Waals surface area contributed by atoms with Crippen molar-refractivity contribution >= 4 is 15.9 Å². The molecule has 32 heavy (non-hydrogen) atoms. The van der Waals surface area contributed by atoms with Crippen LogP contribution in [0.1, 0.15) is 31.7 Å². The second-order valence-corrected chi connectivity index (χ2v) is 8.92. The first-order chi connectivity index (χ1) is 15.4. The van der Waals surface area contributed by atoms with Crippen LogP contribution in [0.15, 0.2) is 47.4 Å². The van der Waals surface area contributed by atoms with Crippen LogP contribution in [0.25, 0.3) is 0 Å². The second kappa shape index (κ2) is 12.9. The molecule has 1 amide bonds. The molecule has 0 aliphatic carbocycles. The molecule has 0 unspecified atom stereocenters. The van der Waals surface area contributed by atoms with E-state index in [9.17, 15) is 13.2 Å². The van der Waals surface area contributed by atoms with Crippen LogP contribution in [0.4, 0.5) is 0 Å². The molecule has 9 heteroatoms. The number of carbonyl (C=O) groups excluding carboxylic acids is 1. The van der Waals surface area contributed by atoms with Crippen LogP contribution in [0, 0.1) is 0 Å². The van der Waals surface area contributed by atoms with E-state index in [0.29, 0.717) is 30.2 Å². The third-order valence-electron chi connectivity index (χ3n) is 4.76. The van der Waals surface area contributed by atoms with Gasteiger partial charge in [0.1, 0.15) is 5.75 Å². The van der Waals surface area contributed by atoms with E-state index < -0.39 is 10.0 Å². The Bertz CT molecular complexity index is 961. The van der Waals surface area contributed by atoms with E-state index in [4.69, 9.17) is 14.2 Å². The molecule has 0 aliphatic heterocycles. The number of rotatable bonds is 14. The first-order valence-corrected chi connectivity index (χ1v) is 12.1. The number of benzene rings is 2. The van der Waals surface area contributed by atoms with Gasteiger partial charge in [-0.1, -0.05) is 25.8 Å². The highest BCUT2D eigenvalue weighted by molar-refractivity contribution is 7.89. The van der Waals surface area contributed by atoms with E-state index in [2.05, 4.69) is 17.0 Å². The lowest BCUT2D eigenvalue weighted by Crippen LogP contribution is -2.29. The van der Waals surface area contributed by atoms with E-state index in [-0.39, 0.29) is 24.0 Å². The van der Waals surface area contributed by atoms with Crippen molar-refractivity contribution in [2.45, 2.75) is 37.5 Å². The summed E-state index contributed by atoms with van der Waals surface area (Å²) in [5.74, 6) is 1.44. The van der Waals surface area contributed by atoms with E-state index >= 15 is 0 Å². The van der Waals surface area contributed by atoms with Gasteiger partial charge in [0, 0.05) is 13.1 Å². The fraction of sp³-hybridized carbons (Fsp3) is 0.435. The van der Waals surface area contributed by atoms with Gasteiger partial charge in [-0.2, -0.15) is 0 Å². The van der Waals surface area contributed by atoms with Crippen molar-refractivity contribution in [2.75, 3.05) is 33.9 Å². The first kappa shape index (κ1) is 25.5. The molecule has 0 fully saturated rings. The summed E-state index contributed by atoms with van der Waals surface area (Å²) in [5, 5.41) is 2.79. The van der Waals surface area contributed by atoms with Crippen molar-refractivity contribution in [2.24, 2.45) is 0 Å². The van der Waals surface area contributed by atoms with Crippen LogP contribution in [0.5, 0.6) is 17.2 Å². The summed E-state index contributed by atoms with van der Waals surface area (Å²) < 4.78 is 43.6. The Morgan fingerprint density at radius 2 is 1.66 bits per heavy atom. The Balaban J connectivity index is 1.83. The minimum absolute atomic E-state index is 0.109. The van der Waals surface area contributed by atoms with Gasteiger partial charge in [-0.15, -0.1) is 0 Å². The van der Waals surface area contributed by atoms with Crippen LogP contribution in [-0.2, 0) is 21.2 Å². The van der Waals surface area contributed by atoms with Gasteiger partial charge in [-0.05, 0) is 54.8 Å². The molecule has 2 aromatic carbocycles. The molecule has 8 nitrogen and oxygen atoms in total. The maximum absolute atomic E-state index is 12.5. The molecule has 2 rings (SSSR count). The van der Waals surface area contributed by atoms with Gasteiger partial charge in [-0.3, -0.25) is 4.79 Å². The number of hydrogen-bond donors (Lipinski definition) is 2. The Labute approximate surface area is 190 Å². The van der Waals surface area contributed by atoms with Gasteiger partial charge in [0.05, 0.1) is 19.1 Å². The lowest BCUT2D eigenvalue weighted by Gasteiger charge is -2.11. The molecule has 0 spiro atoms. The van der Waals surface area contributed by atoms with Crippen LogP contribution in [0.2, 0.25) is 0 Å². The Kier molecular flexibility index (Phi) is 10.3. The Hall–Kier alpha value is -2.78. The average molecular weight is 465 g/mol. The lowest BCUT2D eigenvalue weighted by molar-refractivity contribution is -0.123. The molecule has 0 atom stereocenters. The van der Waals surface area contributed by atoms with Crippen molar-refractivity contribution in [3.8, 4) is 17.2 Å². The number of carbonyl (C=O) groups is 1. The summed E-state index contributed by atoms with van der Waals surface area (Å²) in [7, 11) is -0.551. The predicted molar refractivity (Wildman–Crippen MR) is 123 cm³/mol. The number of sulfonamides is 1. The van der Waals surface area contributed by atoms with Gasteiger partial charge in [0.15, 0.2) is 18.1 Å². The highest BCUT2D eigenvalue weighted by atomic mass is 32.2. The zero-order valence-corrected chi connectivity index (χ0v) is 19.7. The van der Waals surface area contributed by atoms with Crippen LogP contribution >= 0.6 is 0 Å². The summed E-state index contributed by atoms with van der Waals surface area (Å²) in [6.07, 6.45) is 3.59. The SMILES string of the molecule is CCCCCNC(=O)COc1ccc(S(=O)(=O)NCCc2ccc(OC)c(OC)c2)cc1. The number of amides is 1. The topological polar surface area (TPSA) is 103 Å². The van der Waals surface area contributed by atoms with E-state index in [1.54, 1.807) is 20.3 Å².